The predicted molar refractivity (Wildman–Crippen MR) is 90.3 cm³/mol. The number of carbonyl (C=O) groups excluding carboxylic acids is 1. The first-order chi connectivity index (χ1) is 10.4. The van der Waals surface area contributed by atoms with Gasteiger partial charge in [-0.15, -0.1) is 0 Å². The molecule has 4 heteroatoms. The standard InChI is InChI=1S/C18H27N3O/c1-18(2,3)20-12-10-19(11-13-20)14-17(22)21-9-8-15-6-4-5-7-16(15)21/h4-7H,8-14H2,1-3H3. The topological polar surface area (TPSA) is 26.8 Å². The Kier molecular flexibility index (Phi) is 4.24. The van der Waals surface area contributed by atoms with E-state index in [1.54, 1.807) is 0 Å². The van der Waals surface area contributed by atoms with Crippen LogP contribution in [0, 0.1) is 0 Å². The molecule has 0 saturated carbocycles. The zero-order chi connectivity index (χ0) is 15.7. The van der Waals surface area contributed by atoms with Gasteiger partial charge in [-0.3, -0.25) is 14.6 Å². The number of hydrogen-bond acceptors (Lipinski definition) is 3. The van der Waals surface area contributed by atoms with Crippen LogP contribution in [0.1, 0.15) is 26.3 Å². The number of amides is 1. The lowest BCUT2D eigenvalue weighted by molar-refractivity contribution is -0.120. The molecule has 0 atom stereocenters. The molecule has 22 heavy (non-hydrogen) atoms. The summed E-state index contributed by atoms with van der Waals surface area (Å²) in [6.45, 7) is 12.2. The van der Waals surface area contributed by atoms with E-state index in [0.717, 1.165) is 44.8 Å². The molecular weight excluding hydrogens is 274 g/mol. The highest BCUT2D eigenvalue weighted by Gasteiger charge is 2.29. The van der Waals surface area contributed by atoms with Crippen molar-refractivity contribution < 1.29 is 4.79 Å². The van der Waals surface area contributed by atoms with E-state index in [4.69, 9.17) is 0 Å². The second-order valence-electron chi connectivity index (χ2n) is 7.36. The van der Waals surface area contributed by atoms with Gasteiger partial charge in [0.1, 0.15) is 0 Å². The van der Waals surface area contributed by atoms with E-state index in [1.807, 2.05) is 11.0 Å². The Morgan fingerprint density at radius 2 is 1.73 bits per heavy atom. The van der Waals surface area contributed by atoms with E-state index < -0.39 is 0 Å². The number of anilines is 1. The van der Waals surface area contributed by atoms with Crippen LogP contribution in [0.3, 0.4) is 0 Å². The largest absolute Gasteiger partial charge is 0.311 e. The Morgan fingerprint density at radius 1 is 1.05 bits per heavy atom. The van der Waals surface area contributed by atoms with E-state index in [2.05, 4.69) is 48.8 Å². The maximum absolute atomic E-state index is 12.6. The fraction of sp³-hybridized carbons (Fsp3) is 0.611. The Bertz CT molecular complexity index is 542. The molecule has 2 aliphatic heterocycles. The van der Waals surface area contributed by atoms with Gasteiger partial charge in [-0.2, -0.15) is 0 Å². The Labute approximate surface area is 133 Å². The van der Waals surface area contributed by atoms with Crippen molar-refractivity contribution in [2.45, 2.75) is 32.7 Å². The van der Waals surface area contributed by atoms with Crippen molar-refractivity contribution in [1.82, 2.24) is 9.80 Å². The molecule has 0 unspecified atom stereocenters. The van der Waals surface area contributed by atoms with Crippen molar-refractivity contribution in [2.75, 3.05) is 44.2 Å². The van der Waals surface area contributed by atoms with Gasteiger partial charge in [0.05, 0.1) is 6.54 Å². The minimum absolute atomic E-state index is 0.226. The van der Waals surface area contributed by atoms with Gasteiger partial charge in [-0.1, -0.05) is 18.2 Å². The molecule has 4 nitrogen and oxygen atoms in total. The summed E-state index contributed by atoms with van der Waals surface area (Å²) < 4.78 is 0. The molecule has 1 aromatic rings. The summed E-state index contributed by atoms with van der Waals surface area (Å²) in [5, 5.41) is 0. The summed E-state index contributed by atoms with van der Waals surface area (Å²) in [4.78, 5) is 19.4. The average Bonchev–Trinajstić information content (AvgIpc) is 2.91. The molecule has 0 aliphatic carbocycles. The molecule has 0 spiro atoms. The normalized spacial score (nSPS) is 20.2. The van der Waals surface area contributed by atoms with Crippen molar-refractivity contribution in [3.8, 4) is 0 Å². The highest BCUT2D eigenvalue weighted by atomic mass is 16.2. The van der Waals surface area contributed by atoms with Gasteiger partial charge in [0.2, 0.25) is 5.91 Å². The first kappa shape index (κ1) is 15.5. The minimum atomic E-state index is 0.226. The van der Waals surface area contributed by atoms with E-state index in [1.165, 1.54) is 5.56 Å². The fourth-order valence-corrected chi connectivity index (χ4v) is 3.45. The number of nitrogens with zero attached hydrogens (tertiary/aromatic N) is 3. The summed E-state index contributed by atoms with van der Waals surface area (Å²) in [5.41, 5.74) is 2.64. The highest BCUT2D eigenvalue weighted by Crippen LogP contribution is 2.27. The number of carbonyl (C=O) groups is 1. The molecule has 2 heterocycles. The third kappa shape index (κ3) is 3.18. The van der Waals surface area contributed by atoms with Crippen LogP contribution in [0.5, 0.6) is 0 Å². The fourth-order valence-electron chi connectivity index (χ4n) is 3.45. The molecule has 120 valence electrons. The van der Waals surface area contributed by atoms with Crippen molar-refractivity contribution >= 4 is 11.6 Å². The van der Waals surface area contributed by atoms with E-state index in [0.29, 0.717) is 6.54 Å². The number of fused-ring (bicyclic) bond motifs is 1. The van der Waals surface area contributed by atoms with Crippen LogP contribution in [-0.2, 0) is 11.2 Å². The zero-order valence-electron chi connectivity index (χ0n) is 14.0. The second-order valence-corrected chi connectivity index (χ2v) is 7.36. The molecule has 1 fully saturated rings. The SMILES string of the molecule is CC(C)(C)N1CCN(CC(=O)N2CCc3ccccc32)CC1. The monoisotopic (exact) mass is 301 g/mol. The Morgan fingerprint density at radius 3 is 2.41 bits per heavy atom. The van der Waals surface area contributed by atoms with Gasteiger partial charge in [0.25, 0.3) is 0 Å². The van der Waals surface area contributed by atoms with Crippen LogP contribution in [-0.4, -0.2) is 60.5 Å². The van der Waals surface area contributed by atoms with Gasteiger partial charge in [0.15, 0.2) is 0 Å². The summed E-state index contributed by atoms with van der Waals surface area (Å²) in [6.07, 6.45) is 0.986. The lowest BCUT2D eigenvalue weighted by atomic mass is 10.1. The molecule has 1 aromatic carbocycles. The first-order valence-electron chi connectivity index (χ1n) is 8.31. The third-order valence-corrected chi connectivity index (χ3v) is 4.87. The molecule has 2 aliphatic rings. The van der Waals surface area contributed by atoms with Gasteiger partial charge in [-0.05, 0) is 38.8 Å². The quantitative estimate of drug-likeness (QED) is 0.836. The summed E-state index contributed by atoms with van der Waals surface area (Å²) in [6, 6.07) is 8.27. The summed E-state index contributed by atoms with van der Waals surface area (Å²) >= 11 is 0. The first-order valence-corrected chi connectivity index (χ1v) is 8.31. The molecule has 0 aromatic heterocycles. The van der Waals surface area contributed by atoms with Crippen molar-refractivity contribution in [3.05, 3.63) is 29.8 Å². The van der Waals surface area contributed by atoms with Crippen LogP contribution < -0.4 is 4.90 Å². The van der Waals surface area contributed by atoms with Gasteiger partial charge in [-0.25, -0.2) is 0 Å². The number of hydrogen-bond donors (Lipinski definition) is 0. The maximum Gasteiger partial charge on any atom is 0.241 e. The average molecular weight is 301 g/mol. The summed E-state index contributed by atoms with van der Waals surface area (Å²) in [5.74, 6) is 0.245. The Balaban J connectivity index is 1.56. The molecule has 1 saturated heterocycles. The lowest BCUT2D eigenvalue weighted by Crippen LogP contribution is -2.55. The smallest absolute Gasteiger partial charge is 0.241 e. The van der Waals surface area contributed by atoms with Crippen LogP contribution in [0.4, 0.5) is 5.69 Å². The van der Waals surface area contributed by atoms with Crippen LogP contribution in [0.25, 0.3) is 0 Å². The molecule has 0 radical (unpaired) electrons. The van der Waals surface area contributed by atoms with E-state index >= 15 is 0 Å². The van der Waals surface area contributed by atoms with Crippen molar-refractivity contribution in [1.29, 1.82) is 0 Å². The van der Waals surface area contributed by atoms with E-state index in [9.17, 15) is 4.79 Å². The van der Waals surface area contributed by atoms with E-state index in [-0.39, 0.29) is 11.4 Å². The molecular formula is C18H27N3O. The lowest BCUT2D eigenvalue weighted by Gasteiger charge is -2.42. The molecule has 0 N–H and O–H groups in total. The molecule has 1 amide bonds. The van der Waals surface area contributed by atoms with Crippen LogP contribution in [0.15, 0.2) is 24.3 Å². The number of piperazine rings is 1. The minimum Gasteiger partial charge on any atom is -0.311 e. The van der Waals surface area contributed by atoms with Gasteiger partial charge in [0, 0.05) is 44.0 Å². The predicted octanol–water partition coefficient (Wildman–Crippen LogP) is 1.99. The maximum atomic E-state index is 12.6. The van der Waals surface area contributed by atoms with Crippen molar-refractivity contribution in [3.63, 3.8) is 0 Å². The third-order valence-electron chi connectivity index (χ3n) is 4.87. The highest BCUT2D eigenvalue weighted by molar-refractivity contribution is 5.96. The summed E-state index contributed by atoms with van der Waals surface area (Å²) in [7, 11) is 0. The van der Waals surface area contributed by atoms with Crippen LogP contribution in [0.2, 0.25) is 0 Å². The molecule has 0 bridgehead atoms. The Hall–Kier alpha value is -1.39. The zero-order valence-corrected chi connectivity index (χ0v) is 14.0. The molecule has 3 rings (SSSR count). The van der Waals surface area contributed by atoms with Gasteiger partial charge >= 0.3 is 0 Å². The number of rotatable bonds is 2. The van der Waals surface area contributed by atoms with Crippen molar-refractivity contribution in [2.24, 2.45) is 0 Å². The number of para-hydroxylation sites is 1. The van der Waals surface area contributed by atoms with Crippen LogP contribution >= 0.6 is 0 Å². The number of benzene rings is 1. The van der Waals surface area contributed by atoms with Gasteiger partial charge < -0.3 is 4.90 Å². The second kappa shape index (κ2) is 6.01.